The highest BCUT2D eigenvalue weighted by atomic mass is 16.6. The van der Waals surface area contributed by atoms with E-state index >= 15 is 0 Å². The summed E-state index contributed by atoms with van der Waals surface area (Å²) in [4.78, 5) is 23.6. The molecule has 0 radical (unpaired) electrons. The molecule has 3 aromatic rings. The third-order valence-corrected chi connectivity index (χ3v) is 5.59. The van der Waals surface area contributed by atoms with Gasteiger partial charge in [0.2, 0.25) is 0 Å². The maximum Gasteiger partial charge on any atom is 0.426 e. The minimum absolute atomic E-state index is 0.0229. The van der Waals surface area contributed by atoms with E-state index in [0.717, 1.165) is 41.8 Å². The summed E-state index contributed by atoms with van der Waals surface area (Å²) in [5, 5.41) is 10.6. The molecular weight excluding hydrogens is 420 g/mol. The van der Waals surface area contributed by atoms with E-state index in [1.54, 1.807) is 11.1 Å². The summed E-state index contributed by atoms with van der Waals surface area (Å²) >= 11 is 0. The van der Waals surface area contributed by atoms with Crippen LogP contribution < -0.4 is 15.2 Å². The first-order chi connectivity index (χ1) is 16.1. The fourth-order valence-electron chi connectivity index (χ4n) is 4.09. The minimum Gasteiger partial charge on any atom is -0.482 e. The fourth-order valence-corrected chi connectivity index (χ4v) is 4.09. The van der Waals surface area contributed by atoms with Crippen LogP contribution in [-0.2, 0) is 16.0 Å². The normalized spacial score (nSPS) is 14.6. The van der Waals surface area contributed by atoms with E-state index in [2.05, 4.69) is 5.43 Å². The van der Waals surface area contributed by atoms with Crippen LogP contribution in [0.2, 0.25) is 0 Å². The molecular formula is C26H26N2O5. The van der Waals surface area contributed by atoms with Crippen molar-refractivity contribution >= 4 is 23.4 Å². The van der Waals surface area contributed by atoms with Crippen molar-refractivity contribution in [3.05, 3.63) is 90.0 Å². The number of benzene rings is 3. The van der Waals surface area contributed by atoms with Crippen molar-refractivity contribution in [2.75, 3.05) is 18.2 Å². The van der Waals surface area contributed by atoms with Gasteiger partial charge in [0.25, 0.3) is 0 Å². The first-order valence-electron chi connectivity index (χ1n) is 10.9. The molecule has 0 spiro atoms. The van der Waals surface area contributed by atoms with E-state index in [9.17, 15) is 9.59 Å². The number of amides is 1. The van der Waals surface area contributed by atoms with Crippen LogP contribution in [0.1, 0.15) is 29.9 Å². The monoisotopic (exact) mass is 446 g/mol. The maximum atomic E-state index is 12.7. The Kier molecular flexibility index (Phi) is 7.09. The third kappa shape index (κ3) is 5.63. The lowest BCUT2D eigenvalue weighted by molar-refractivity contribution is -0.139. The summed E-state index contributed by atoms with van der Waals surface area (Å²) in [7, 11) is 0. The number of nitrogens with one attached hydrogen (secondary N) is 1. The highest BCUT2D eigenvalue weighted by Gasteiger charge is 2.25. The molecule has 4 rings (SSSR count). The maximum absolute atomic E-state index is 12.7. The van der Waals surface area contributed by atoms with Crippen molar-refractivity contribution < 1.29 is 24.2 Å². The van der Waals surface area contributed by atoms with Crippen LogP contribution in [0.15, 0.2) is 78.9 Å². The van der Waals surface area contributed by atoms with Gasteiger partial charge in [0, 0.05) is 5.92 Å². The molecule has 0 saturated heterocycles. The average molecular weight is 447 g/mol. The number of anilines is 2. The van der Waals surface area contributed by atoms with Crippen molar-refractivity contribution in [2.24, 2.45) is 0 Å². The Labute approximate surface area is 192 Å². The number of hydrogen-bond donors (Lipinski definition) is 2. The van der Waals surface area contributed by atoms with Gasteiger partial charge in [0.15, 0.2) is 6.61 Å². The first-order valence-corrected chi connectivity index (χ1v) is 10.9. The second kappa shape index (κ2) is 10.5. The lowest BCUT2D eigenvalue weighted by Crippen LogP contribution is -2.39. The molecule has 3 aromatic carbocycles. The Morgan fingerprint density at radius 3 is 2.24 bits per heavy atom. The summed E-state index contributed by atoms with van der Waals surface area (Å²) in [6.07, 6.45) is 2.05. The van der Waals surface area contributed by atoms with Gasteiger partial charge >= 0.3 is 12.1 Å². The summed E-state index contributed by atoms with van der Waals surface area (Å²) in [6, 6.07) is 24.7. The second-order valence-corrected chi connectivity index (χ2v) is 7.81. The molecule has 0 aliphatic heterocycles. The lowest BCUT2D eigenvalue weighted by Gasteiger charge is -2.28. The smallest absolute Gasteiger partial charge is 0.426 e. The number of ether oxygens (including phenoxy) is 2. The highest BCUT2D eigenvalue weighted by molar-refractivity contribution is 5.74. The zero-order valence-corrected chi connectivity index (χ0v) is 18.1. The zero-order valence-electron chi connectivity index (χ0n) is 18.1. The largest absolute Gasteiger partial charge is 0.482 e. The number of carboxylic acid groups (broad SMARTS) is 1. The van der Waals surface area contributed by atoms with Crippen molar-refractivity contribution in [1.82, 2.24) is 5.43 Å². The van der Waals surface area contributed by atoms with Crippen LogP contribution in [-0.4, -0.2) is 30.4 Å². The number of hydrogen-bond acceptors (Lipinski definition) is 5. The SMILES string of the molecule is O=C(O)COc1cccc2c1CCCC2COC(=O)NN(c1ccccc1)c1ccccc1. The number of carbonyl (C=O) groups excluding carboxylic acids is 1. The number of rotatable bonds is 8. The van der Waals surface area contributed by atoms with Crippen LogP contribution in [0.3, 0.4) is 0 Å². The molecule has 1 aliphatic carbocycles. The van der Waals surface area contributed by atoms with Crippen LogP contribution in [0.25, 0.3) is 0 Å². The van der Waals surface area contributed by atoms with Gasteiger partial charge in [-0.25, -0.2) is 15.0 Å². The molecule has 7 heteroatoms. The molecule has 33 heavy (non-hydrogen) atoms. The molecule has 170 valence electrons. The van der Waals surface area contributed by atoms with Gasteiger partial charge < -0.3 is 14.6 Å². The van der Waals surface area contributed by atoms with Crippen LogP contribution >= 0.6 is 0 Å². The topological polar surface area (TPSA) is 88.1 Å². The van der Waals surface area contributed by atoms with Gasteiger partial charge in [0.1, 0.15) is 12.4 Å². The Bertz CT molecular complexity index is 1050. The number of hydrazine groups is 1. The van der Waals surface area contributed by atoms with E-state index < -0.39 is 12.1 Å². The van der Waals surface area contributed by atoms with E-state index in [1.807, 2.05) is 72.8 Å². The zero-order chi connectivity index (χ0) is 23.0. The van der Waals surface area contributed by atoms with Crippen molar-refractivity contribution in [3.63, 3.8) is 0 Å². The Hall–Kier alpha value is -4.00. The summed E-state index contributed by atoms with van der Waals surface area (Å²) in [5.74, 6) is -0.403. The minimum atomic E-state index is -1.01. The van der Waals surface area contributed by atoms with Crippen molar-refractivity contribution in [1.29, 1.82) is 0 Å². The molecule has 7 nitrogen and oxygen atoms in total. The van der Waals surface area contributed by atoms with Gasteiger partial charge in [-0.1, -0.05) is 48.5 Å². The number of nitrogens with zero attached hydrogens (tertiary/aromatic N) is 1. The van der Waals surface area contributed by atoms with E-state index in [4.69, 9.17) is 14.6 Å². The molecule has 1 unspecified atom stereocenters. The molecule has 0 aromatic heterocycles. The quantitative estimate of drug-likeness (QED) is 0.471. The summed E-state index contributed by atoms with van der Waals surface area (Å²) in [5.41, 5.74) is 6.49. The van der Waals surface area contributed by atoms with Gasteiger partial charge in [-0.05, 0) is 60.7 Å². The van der Waals surface area contributed by atoms with E-state index in [-0.39, 0.29) is 19.1 Å². The number of aliphatic carboxylic acids is 1. The molecule has 0 fully saturated rings. The average Bonchev–Trinajstić information content (AvgIpc) is 2.85. The number of carboxylic acids is 1. The highest BCUT2D eigenvalue weighted by Crippen LogP contribution is 2.37. The van der Waals surface area contributed by atoms with Gasteiger partial charge in [-0.3, -0.25) is 5.01 Å². The van der Waals surface area contributed by atoms with E-state index in [0.29, 0.717) is 5.75 Å². The molecule has 1 atom stereocenters. The Morgan fingerprint density at radius 1 is 0.939 bits per heavy atom. The molecule has 1 amide bonds. The fraction of sp³-hybridized carbons (Fsp3) is 0.231. The van der Waals surface area contributed by atoms with Crippen LogP contribution in [0.4, 0.5) is 16.2 Å². The standard InChI is InChI=1S/C26H26N2O5/c29-25(30)18-32-24-16-8-14-22-19(9-7-15-23(22)24)17-33-26(31)27-28(20-10-3-1-4-11-20)21-12-5-2-6-13-21/h1-6,8,10-14,16,19H,7,9,15,17-18H2,(H,27,31)(H,29,30). The van der Waals surface area contributed by atoms with Gasteiger partial charge in [0.05, 0.1) is 11.4 Å². The number of fused-ring (bicyclic) bond motifs is 1. The predicted molar refractivity (Wildman–Crippen MR) is 125 cm³/mol. The molecule has 2 N–H and O–H groups in total. The van der Waals surface area contributed by atoms with Gasteiger partial charge in [-0.2, -0.15) is 0 Å². The van der Waals surface area contributed by atoms with Crippen molar-refractivity contribution in [3.8, 4) is 5.75 Å². The number of carbonyl (C=O) groups is 2. The molecule has 0 heterocycles. The predicted octanol–water partition coefficient (Wildman–Crippen LogP) is 5.05. The Morgan fingerprint density at radius 2 is 1.61 bits per heavy atom. The van der Waals surface area contributed by atoms with Gasteiger partial charge in [-0.15, -0.1) is 0 Å². The third-order valence-electron chi connectivity index (χ3n) is 5.59. The summed E-state index contributed by atoms with van der Waals surface area (Å²) in [6.45, 7) is -0.159. The van der Waals surface area contributed by atoms with Crippen LogP contribution in [0, 0.1) is 0 Å². The lowest BCUT2D eigenvalue weighted by atomic mass is 9.83. The van der Waals surface area contributed by atoms with Crippen LogP contribution in [0.5, 0.6) is 5.75 Å². The molecule has 0 saturated carbocycles. The number of para-hydroxylation sites is 2. The van der Waals surface area contributed by atoms with E-state index in [1.165, 1.54) is 0 Å². The van der Waals surface area contributed by atoms with Crippen molar-refractivity contribution in [2.45, 2.75) is 25.2 Å². The molecule has 1 aliphatic rings. The molecule has 0 bridgehead atoms. The summed E-state index contributed by atoms with van der Waals surface area (Å²) < 4.78 is 11.1. The second-order valence-electron chi connectivity index (χ2n) is 7.81. The Balaban J connectivity index is 1.44. The first kappa shape index (κ1) is 22.2.